The number of benzene rings is 1. The second-order valence-electron chi connectivity index (χ2n) is 8.22. The van der Waals surface area contributed by atoms with Gasteiger partial charge >= 0.3 is 11.9 Å². The summed E-state index contributed by atoms with van der Waals surface area (Å²) >= 11 is 0. The third-order valence-corrected chi connectivity index (χ3v) is 5.17. The van der Waals surface area contributed by atoms with Gasteiger partial charge in [-0.15, -0.1) is 0 Å². The summed E-state index contributed by atoms with van der Waals surface area (Å²) in [5.74, 6) is -4.60. The van der Waals surface area contributed by atoms with Crippen molar-refractivity contribution in [2.45, 2.75) is 69.6 Å². The predicted molar refractivity (Wildman–Crippen MR) is 127 cm³/mol. The van der Waals surface area contributed by atoms with Crippen molar-refractivity contribution in [1.82, 2.24) is 16.0 Å². The molecule has 1 aromatic carbocycles. The number of rotatable bonds is 16. The van der Waals surface area contributed by atoms with Gasteiger partial charge in [-0.2, -0.15) is 0 Å². The molecule has 0 fully saturated rings. The van der Waals surface area contributed by atoms with Crippen molar-refractivity contribution < 1.29 is 34.2 Å². The Labute approximate surface area is 203 Å². The minimum absolute atomic E-state index is 0.00628. The van der Waals surface area contributed by atoms with Crippen LogP contribution in [0.3, 0.4) is 0 Å². The molecule has 0 radical (unpaired) electrons. The lowest BCUT2D eigenvalue weighted by Gasteiger charge is -2.25. The zero-order chi connectivity index (χ0) is 26.4. The normalized spacial score (nSPS) is 14.1. The predicted octanol–water partition coefficient (Wildman–Crippen LogP) is -0.891. The van der Waals surface area contributed by atoms with Crippen LogP contribution >= 0.6 is 0 Å². The fraction of sp³-hybridized carbons (Fsp3) is 0.522. The van der Waals surface area contributed by atoms with Crippen molar-refractivity contribution in [2.75, 3.05) is 6.54 Å². The van der Waals surface area contributed by atoms with Gasteiger partial charge in [0.2, 0.25) is 17.7 Å². The Morgan fingerprint density at radius 3 is 1.89 bits per heavy atom. The lowest BCUT2D eigenvalue weighted by Crippen LogP contribution is -2.57. The van der Waals surface area contributed by atoms with E-state index in [0.29, 0.717) is 24.9 Å². The van der Waals surface area contributed by atoms with Gasteiger partial charge < -0.3 is 37.6 Å². The summed E-state index contributed by atoms with van der Waals surface area (Å²) in [7, 11) is 0. The number of amides is 3. The van der Waals surface area contributed by atoms with E-state index in [9.17, 15) is 29.1 Å². The maximum absolute atomic E-state index is 12.9. The zero-order valence-corrected chi connectivity index (χ0v) is 19.7. The average molecular weight is 494 g/mol. The van der Waals surface area contributed by atoms with Gasteiger partial charge in [-0.3, -0.25) is 19.2 Å². The van der Waals surface area contributed by atoms with E-state index < -0.39 is 60.2 Å². The summed E-state index contributed by atoms with van der Waals surface area (Å²) in [6.45, 7) is 1.84. The molecular weight excluding hydrogens is 458 g/mol. The first-order valence-electron chi connectivity index (χ1n) is 11.4. The molecule has 0 spiro atoms. The molecule has 3 amide bonds. The van der Waals surface area contributed by atoms with Crippen LogP contribution in [0.4, 0.5) is 0 Å². The lowest BCUT2D eigenvalue weighted by atomic mass is 10.0. The molecule has 12 nitrogen and oxygen atoms in total. The summed E-state index contributed by atoms with van der Waals surface area (Å²) in [5.41, 5.74) is 11.7. The molecule has 0 aliphatic heterocycles. The number of carbonyl (C=O) groups is 5. The van der Waals surface area contributed by atoms with Gasteiger partial charge in [0.25, 0.3) is 0 Å². The summed E-state index contributed by atoms with van der Waals surface area (Å²) in [6, 6.07) is 4.11. The van der Waals surface area contributed by atoms with Crippen molar-refractivity contribution >= 4 is 29.7 Å². The van der Waals surface area contributed by atoms with E-state index >= 15 is 0 Å². The highest BCUT2D eigenvalue weighted by molar-refractivity contribution is 5.94. The molecule has 1 rings (SSSR count). The summed E-state index contributed by atoms with van der Waals surface area (Å²) in [6.07, 6.45) is 0.604. The smallest absolute Gasteiger partial charge is 0.326 e. The van der Waals surface area contributed by atoms with Crippen LogP contribution < -0.4 is 27.4 Å². The first-order valence-corrected chi connectivity index (χ1v) is 11.4. The Morgan fingerprint density at radius 1 is 0.829 bits per heavy atom. The summed E-state index contributed by atoms with van der Waals surface area (Å²) in [5, 5.41) is 26.0. The first-order chi connectivity index (χ1) is 16.5. The topological polar surface area (TPSA) is 214 Å². The van der Waals surface area contributed by atoms with Crippen molar-refractivity contribution in [2.24, 2.45) is 11.5 Å². The van der Waals surface area contributed by atoms with E-state index in [1.54, 1.807) is 30.3 Å². The molecule has 0 heterocycles. The van der Waals surface area contributed by atoms with Crippen LogP contribution in [0.1, 0.15) is 44.6 Å². The van der Waals surface area contributed by atoms with E-state index in [0.717, 1.165) is 0 Å². The Morgan fingerprint density at radius 2 is 1.37 bits per heavy atom. The molecule has 0 aliphatic rings. The first kappa shape index (κ1) is 29.5. The van der Waals surface area contributed by atoms with Crippen LogP contribution in [0.2, 0.25) is 0 Å². The van der Waals surface area contributed by atoms with Crippen molar-refractivity contribution in [1.29, 1.82) is 0 Å². The van der Waals surface area contributed by atoms with E-state index in [1.807, 2.05) is 0 Å². The number of nitrogens with two attached hydrogens (primary N) is 2. The van der Waals surface area contributed by atoms with Gasteiger partial charge in [-0.25, -0.2) is 4.79 Å². The highest BCUT2D eigenvalue weighted by Gasteiger charge is 2.30. The molecule has 0 saturated heterocycles. The Kier molecular flexibility index (Phi) is 13.0. The average Bonchev–Trinajstić information content (AvgIpc) is 2.80. The van der Waals surface area contributed by atoms with E-state index in [1.165, 1.54) is 6.92 Å². The molecule has 4 atom stereocenters. The molecule has 194 valence electrons. The number of carboxylic acid groups (broad SMARTS) is 2. The van der Waals surface area contributed by atoms with Crippen LogP contribution in [-0.2, 0) is 30.4 Å². The summed E-state index contributed by atoms with van der Waals surface area (Å²) < 4.78 is 0. The number of carboxylic acids is 2. The maximum atomic E-state index is 12.9. The number of nitrogens with one attached hydrogen (secondary N) is 3. The fourth-order valence-electron chi connectivity index (χ4n) is 3.20. The second kappa shape index (κ2) is 15.4. The Bertz CT molecular complexity index is 863. The molecular formula is C23H35N5O7. The molecule has 0 bridgehead atoms. The second-order valence-corrected chi connectivity index (χ2v) is 8.22. The third-order valence-electron chi connectivity index (χ3n) is 5.17. The molecule has 35 heavy (non-hydrogen) atoms. The van der Waals surface area contributed by atoms with Crippen LogP contribution in [0.15, 0.2) is 30.3 Å². The van der Waals surface area contributed by atoms with Gasteiger partial charge in [-0.1, -0.05) is 30.3 Å². The van der Waals surface area contributed by atoms with Crippen LogP contribution in [0.5, 0.6) is 0 Å². The van der Waals surface area contributed by atoms with Gasteiger partial charge in [-0.05, 0) is 44.7 Å². The van der Waals surface area contributed by atoms with Crippen molar-refractivity contribution in [3.8, 4) is 0 Å². The van der Waals surface area contributed by atoms with E-state index in [2.05, 4.69) is 16.0 Å². The minimum atomic E-state index is -1.33. The number of carbonyl (C=O) groups excluding carboxylic acids is 3. The molecule has 0 saturated carbocycles. The molecule has 0 aliphatic carbocycles. The Balaban J connectivity index is 3.00. The van der Waals surface area contributed by atoms with E-state index in [4.69, 9.17) is 16.6 Å². The van der Waals surface area contributed by atoms with Crippen LogP contribution in [0, 0.1) is 0 Å². The summed E-state index contributed by atoms with van der Waals surface area (Å²) in [4.78, 5) is 60.7. The lowest BCUT2D eigenvalue weighted by molar-refractivity contribution is -0.143. The molecule has 9 N–H and O–H groups in total. The van der Waals surface area contributed by atoms with Gasteiger partial charge in [0.1, 0.15) is 18.1 Å². The van der Waals surface area contributed by atoms with Crippen molar-refractivity contribution in [3.63, 3.8) is 0 Å². The molecule has 1 aromatic rings. The standard InChI is InChI=1S/C23H35N5O7/c1-14(25)20(31)26-16(9-5-6-12-24)21(32)27-17(10-11-19(29)30)22(33)28-18(23(34)35)13-15-7-3-2-4-8-15/h2-4,7-8,14,16-18H,5-6,9-13,24-25H2,1H3,(H,26,31)(H,27,32)(H,28,33)(H,29,30)(H,34,35)/t14-,16-,17-,18-/m0/s1. The monoisotopic (exact) mass is 493 g/mol. The number of unbranched alkanes of at least 4 members (excludes halogenated alkanes) is 1. The van der Waals surface area contributed by atoms with Crippen LogP contribution in [-0.4, -0.2) is 70.6 Å². The number of hydrogen-bond acceptors (Lipinski definition) is 7. The SMILES string of the molecule is C[C@H](N)C(=O)N[C@@H](CCCCN)C(=O)N[C@@H](CCC(=O)O)C(=O)N[C@@H](Cc1ccccc1)C(=O)O. The quantitative estimate of drug-likeness (QED) is 0.142. The zero-order valence-electron chi connectivity index (χ0n) is 19.7. The Hall–Kier alpha value is -3.51. The molecule has 12 heteroatoms. The van der Waals surface area contributed by atoms with Gasteiger partial charge in [0, 0.05) is 12.8 Å². The number of aliphatic carboxylic acids is 2. The fourth-order valence-corrected chi connectivity index (χ4v) is 3.20. The third kappa shape index (κ3) is 11.5. The van der Waals surface area contributed by atoms with Crippen molar-refractivity contribution in [3.05, 3.63) is 35.9 Å². The van der Waals surface area contributed by atoms with Gasteiger partial charge in [0.15, 0.2) is 0 Å². The number of hydrogen-bond donors (Lipinski definition) is 7. The molecule has 0 unspecified atom stereocenters. The highest BCUT2D eigenvalue weighted by Crippen LogP contribution is 2.07. The maximum Gasteiger partial charge on any atom is 0.326 e. The largest absolute Gasteiger partial charge is 0.481 e. The molecule has 0 aromatic heterocycles. The van der Waals surface area contributed by atoms with Gasteiger partial charge in [0.05, 0.1) is 6.04 Å². The van der Waals surface area contributed by atoms with Crippen LogP contribution in [0.25, 0.3) is 0 Å². The van der Waals surface area contributed by atoms with E-state index in [-0.39, 0.29) is 19.3 Å². The highest BCUT2D eigenvalue weighted by atomic mass is 16.4. The minimum Gasteiger partial charge on any atom is -0.481 e.